The maximum Gasteiger partial charge on any atom is 0.264 e. The molecule has 0 radical (unpaired) electrons. The number of fused-ring (bicyclic) bond motifs is 1. The van der Waals surface area contributed by atoms with E-state index in [9.17, 15) is 9.59 Å². The first kappa shape index (κ1) is 16.7. The van der Waals surface area contributed by atoms with Crippen LogP contribution in [0.25, 0.3) is 0 Å². The molecule has 6 heteroatoms. The van der Waals surface area contributed by atoms with Gasteiger partial charge in [0.25, 0.3) is 11.5 Å². The van der Waals surface area contributed by atoms with Crippen LogP contribution in [0.1, 0.15) is 52.8 Å². The summed E-state index contributed by atoms with van der Waals surface area (Å²) in [5.41, 5.74) is 2.35. The van der Waals surface area contributed by atoms with Crippen molar-refractivity contribution in [2.24, 2.45) is 0 Å². The van der Waals surface area contributed by atoms with Gasteiger partial charge in [-0.2, -0.15) is 0 Å². The second-order valence-electron chi connectivity index (χ2n) is 6.42. The molecule has 1 aromatic carbocycles. The van der Waals surface area contributed by atoms with E-state index in [1.807, 2.05) is 32.0 Å². The lowest BCUT2D eigenvalue weighted by Crippen LogP contribution is -2.39. The lowest BCUT2D eigenvalue weighted by Gasteiger charge is -2.29. The number of carbonyl (C=O) groups excluding carboxylic acids is 1. The standard InChI is InChI=1S/C18H20ClN3O2/c1-10(2)16-20-11(3)15(17(23)21-16)18(24)22-8-7-13-12(9-22)5-4-6-14(13)19/h4-6,10H,7-9H2,1-3H3,(H,20,21,23). The van der Waals surface area contributed by atoms with E-state index in [-0.39, 0.29) is 22.9 Å². The van der Waals surface area contributed by atoms with Crippen LogP contribution in [0.2, 0.25) is 5.02 Å². The van der Waals surface area contributed by atoms with E-state index in [1.165, 1.54) is 0 Å². The molecule has 0 spiro atoms. The number of aryl methyl sites for hydroxylation is 1. The Hall–Kier alpha value is -2.14. The van der Waals surface area contributed by atoms with Crippen LogP contribution < -0.4 is 5.56 Å². The van der Waals surface area contributed by atoms with Crippen LogP contribution in [0.15, 0.2) is 23.0 Å². The number of hydrogen-bond donors (Lipinski definition) is 1. The minimum absolute atomic E-state index is 0.101. The van der Waals surface area contributed by atoms with E-state index in [2.05, 4.69) is 9.97 Å². The number of nitrogens with zero attached hydrogens (tertiary/aromatic N) is 2. The van der Waals surface area contributed by atoms with E-state index in [4.69, 9.17) is 11.6 Å². The summed E-state index contributed by atoms with van der Waals surface area (Å²) in [6, 6.07) is 5.71. The van der Waals surface area contributed by atoms with Crippen LogP contribution in [-0.2, 0) is 13.0 Å². The van der Waals surface area contributed by atoms with Gasteiger partial charge in [-0.25, -0.2) is 4.98 Å². The van der Waals surface area contributed by atoms with Gasteiger partial charge in [0, 0.05) is 24.0 Å². The molecule has 0 fully saturated rings. The lowest BCUT2D eigenvalue weighted by atomic mass is 9.99. The molecule has 1 N–H and O–H groups in total. The zero-order valence-corrected chi connectivity index (χ0v) is 14.8. The molecule has 1 aliphatic heterocycles. The predicted octanol–water partition coefficient (Wildman–Crippen LogP) is 3.05. The highest BCUT2D eigenvalue weighted by Gasteiger charge is 2.26. The van der Waals surface area contributed by atoms with Crippen molar-refractivity contribution < 1.29 is 4.79 Å². The summed E-state index contributed by atoms with van der Waals surface area (Å²) in [7, 11) is 0. The van der Waals surface area contributed by atoms with E-state index in [0.717, 1.165) is 16.1 Å². The third-order valence-corrected chi connectivity index (χ3v) is 4.73. The topological polar surface area (TPSA) is 66.1 Å². The molecule has 0 saturated heterocycles. The molecule has 5 nitrogen and oxygen atoms in total. The number of nitrogens with one attached hydrogen (secondary N) is 1. The summed E-state index contributed by atoms with van der Waals surface area (Å²) < 4.78 is 0. The molecule has 0 bridgehead atoms. The summed E-state index contributed by atoms with van der Waals surface area (Å²) >= 11 is 6.22. The van der Waals surface area contributed by atoms with E-state index >= 15 is 0 Å². The monoisotopic (exact) mass is 345 g/mol. The van der Waals surface area contributed by atoms with Gasteiger partial charge in [0.2, 0.25) is 0 Å². The fourth-order valence-corrected chi connectivity index (χ4v) is 3.32. The molecule has 0 aliphatic carbocycles. The normalized spacial score (nSPS) is 14.0. The lowest BCUT2D eigenvalue weighted by molar-refractivity contribution is 0.0731. The Bertz CT molecular complexity index is 858. The number of aromatic amines is 1. The number of hydrogen-bond acceptors (Lipinski definition) is 3. The van der Waals surface area contributed by atoms with Crippen molar-refractivity contribution in [1.82, 2.24) is 14.9 Å². The maximum atomic E-state index is 12.9. The van der Waals surface area contributed by atoms with Gasteiger partial charge in [0.15, 0.2) is 0 Å². The first-order chi connectivity index (χ1) is 11.4. The SMILES string of the molecule is Cc1nc(C(C)C)[nH]c(=O)c1C(=O)N1CCc2c(Cl)cccc2C1. The van der Waals surface area contributed by atoms with Gasteiger partial charge >= 0.3 is 0 Å². The summed E-state index contributed by atoms with van der Waals surface area (Å²) in [6.45, 7) is 6.61. The van der Waals surface area contributed by atoms with Crippen LogP contribution in [0.3, 0.4) is 0 Å². The van der Waals surface area contributed by atoms with Gasteiger partial charge in [0.05, 0.1) is 5.69 Å². The number of carbonyl (C=O) groups is 1. The van der Waals surface area contributed by atoms with Gasteiger partial charge in [-0.05, 0) is 30.5 Å². The summed E-state index contributed by atoms with van der Waals surface area (Å²) in [5.74, 6) is 0.427. The first-order valence-corrected chi connectivity index (χ1v) is 8.42. The minimum atomic E-state index is -0.368. The molecule has 126 valence electrons. The van der Waals surface area contributed by atoms with Crippen molar-refractivity contribution in [2.45, 2.75) is 39.7 Å². The molecular weight excluding hydrogens is 326 g/mol. The maximum absolute atomic E-state index is 12.9. The highest BCUT2D eigenvalue weighted by molar-refractivity contribution is 6.31. The van der Waals surface area contributed by atoms with Gasteiger partial charge in [-0.1, -0.05) is 37.6 Å². The van der Waals surface area contributed by atoms with E-state index in [0.29, 0.717) is 31.0 Å². The Morgan fingerprint density at radius 1 is 1.38 bits per heavy atom. The van der Waals surface area contributed by atoms with Crippen molar-refractivity contribution in [2.75, 3.05) is 6.54 Å². The second kappa shape index (κ2) is 6.40. The van der Waals surface area contributed by atoms with Crippen LogP contribution >= 0.6 is 11.6 Å². The Balaban J connectivity index is 1.92. The van der Waals surface area contributed by atoms with Crippen molar-refractivity contribution in [3.63, 3.8) is 0 Å². The molecule has 2 aromatic rings. The van der Waals surface area contributed by atoms with Crippen LogP contribution in [-0.4, -0.2) is 27.3 Å². The third-order valence-electron chi connectivity index (χ3n) is 4.38. The second-order valence-corrected chi connectivity index (χ2v) is 6.83. The summed E-state index contributed by atoms with van der Waals surface area (Å²) in [5, 5.41) is 0.733. The average Bonchev–Trinajstić information content (AvgIpc) is 2.53. The highest BCUT2D eigenvalue weighted by Crippen LogP contribution is 2.26. The average molecular weight is 346 g/mol. The number of aromatic nitrogens is 2. The van der Waals surface area contributed by atoms with Gasteiger partial charge in [-0.3, -0.25) is 9.59 Å². The highest BCUT2D eigenvalue weighted by atomic mass is 35.5. The van der Waals surface area contributed by atoms with Gasteiger partial charge < -0.3 is 9.88 Å². The molecule has 1 amide bonds. The fourth-order valence-electron chi connectivity index (χ4n) is 3.03. The minimum Gasteiger partial charge on any atom is -0.334 e. The zero-order valence-electron chi connectivity index (χ0n) is 14.0. The van der Waals surface area contributed by atoms with Crippen molar-refractivity contribution >= 4 is 17.5 Å². The Morgan fingerprint density at radius 3 is 2.79 bits per heavy atom. The molecule has 1 aliphatic rings. The Morgan fingerprint density at radius 2 is 2.12 bits per heavy atom. The molecule has 1 aromatic heterocycles. The number of benzene rings is 1. The smallest absolute Gasteiger partial charge is 0.264 e. The molecule has 0 atom stereocenters. The molecular formula is C18H20ClN3O2. The third kappa shape index (κ3) is 2.96. The van der Waals surface area contributed by atoms with Crippen molar-refractivity contribution in [3.8, 4) is 0 Å². The molecule has 0 unspecified atom stereocenters. The Kier molecular flexibility index (Phi) is 4.45. The largest absolute Gasteiger partial charge is 0.334 e. The number of amides is 1. The van der Waals surface area contributed by atoms with Gasteiger partial charge in [0.1, 0.15) is 11.4 Å². The van der Waals surface area contributed by atoms with E-state index in [1.54, 1.807) is 11.8 Å². The first-order valence-electron chi connectivity index (χ1n) is 8.05. The molecule has 3 rings (SSSR count). The Labute approximate surface area is 145 Å². The zero-order chi connectivity index (χ0) is 17.4. The predicted molar refractivity (Wildman–Crippen MR) is 93.6 cm³/mol. The van der Waals surface area contributed by atoms with Crippen molar-refractivity contribution in [1.29, 1.82) is 0 Å². The molecule has 2 heterocycles. The van der Waals surface area contributed by atoms with Crippen LogP contribution in [0.5, 0.6) is 0 Å². The summed E-state index contributed by atoms with van der Waals surface area (Å²) in [6.07, 6.45) is 0.690. The molecule has 24 heavy (non-hydrogen) atoms. The van der Waals surface area contributed by atoms with Crippen LogP contribution in [0, 0.1) is 6.92 Å². The van der Waals surface area contributed by atoms with E-state index < -0.39 is 0 Å². The molecule has 0 saturated carbocycles. The van der Waals surface area contributed by atoms with Gasteiger partial charge in [-0.15, -0.1) is 0 Å². The van der Waals surface area contributed by atoms with Crippen molar-refractivity contribution in [3.05, 3.63) is 61.8 Å². The fraction of sp³-hybridized carbons (Fsp3) is 0.389. The number of halogens is 1. The van der Waals surface area contributed by atoms with Crippen LogP contribution in [0.4, 0.5) is 0 Å². The number of H-pyrrole nitrogens is 1. The number of rotatable bonds is 2. The summed E-state index contributed by atoms with van der Waals surface area (Å²) in [4.78, 5) is 34.0. The quantitative estimate of drug-likeness (QED) is 0.909.